The maximum absolute atomic E-state index is 12.7. The predicted octanol–water partition coefficient (Wildman–Crippen LogP) is 4.10. The molecule has 1 aromatic rings. The first-order valence-corrected chi connectivity index (χ1v) is 7.79. The van der Waals surface area contributed by atoms with Crippen molar-refractivity contribution in [2.75, 3.05) is 18.4 Å². The van der Waals surface area contributed by atoms with Crippen molar-refractivity contribution in [3.63, 3.8) is 0 Å². The second-order valence-electron chi connectivity index (χ2n) is 5.42. The van der Waals surface area contributed by atoms with Crippen molar-refractivity contribution in [1.29, 1.82) is 0 Å². The van der Waals surface area contributed by atoms with E-state index in [1.54, 1.807) is 18.2 Å². The fraction of sp³-hybridized carbons (Fsp3) is 0.533. The Hall–Kier alpha value is -0.770. The van der Waals surface area contributed by atoms with Gasteiger partial charge in [0.05, 0.1) is 5.41 Å². The van der Waals surface area contributed by atoms with Crippen molar-refractivity contribution in [3.8, 4) is 0 Å². The molecule has 1 atom stereocenters. The molecular weight excluding hydrogens is 295 g/mol. The van der Waals surface area contributed by atoms with Crippen molar-refractivity contribution in [2.45, 2.75) is 32.6 Å². The highest BCUT2D eigenvalue weighted by molar-refractivity contribution is 6.35. The number of hydrogen-bond donors (Lipinski definition) is 2. The standard InChI is InChI=1S/C15H20Cl2N2O/c1-2-4-15(5-3-6-18-10-15)14(20)19-13-8-11(16)7-12(17)9-13/h7-9,18H,2-6,10H2,1H3,(H,19,20). The Morgan fingerprint density at radius 2 is 2.05 bits per heavy atom. The summed E-state index contributed by atoms with van der Waals surface area (Å²) < 4.78 is 0. The molecule has 2 N–H and O–H groups in total. The van der Waals surface area contributed by atoms with E-state index in [2.05, 4.69) is 17.6 Å². The molecule has 110 valence electrons. The van der Waals surface area contributed by atoms with Crippen LogP contribution in [-0.2, 0) is 4.79 Å². The van der Waals surface area contributed by atoms with Crippen LogP contribution in [0.1, 0.15) is 32.6 Å². The van der Waals surface area contributed by atoms with E-state index < -0.39 is 0 Å². The zero-order chi connectivity index (χ0) is 14.6. The Balaban J connectivity index is 2.15. The molecule has 5 heteroatoms. The molecule has 2 rings (SSSR count). The summed E-state index contributed by atoms with van der Waals surface area (Å²) in [6.45, 7) is 3.84. The quantitative estimate of drug-likeness (QED) is 0.878. The predicted molar refractivity (Wildman–Crippen MR) is 84.5 cm³/mol. The van der Waals surface area contributed by atoms with Crippen LogP contribution in [0.25, 0.3) is 0 Å². The van der Waals surface area contributed by atoms with Crippen molar-refractivity contribution in [1.82, 2.24) is 5.32 Å². The van der Waals surface area contributed by atoms with Gasteiger partial charge < -0.3 is 10.6 Å². The molecule has 1 fully saturated rings. The minimum Gasteiger partial charge on any atom is -0.325 e. The van der Waals surface area contributed by atoms with Gasteiger partial charge >= 0.3 is 0 Å². The smallest absolute Gasteiger partial charge is 0.231 e. The van der Waals surface area contributed by atoms with Crippen molar-refractivity contribution in [3.05, 3.63) is 28.2 Å². The highest BCUT2D eigenvalue weighted by Crippen LogP contribution is 2.33. The van der Waals surface area contributed by atoms with Gasteiger partial charge in [-0.2, -0.15) is 0 Å². The SMILES string of the molecule is CCCC1(C(=O)Nc2cc(Cl)cc(Cl)c2)CCCNC1. The maximum Gasteiger partial charge on any atom is 0.231 e. The molecule has 1 aliphatic rings. The molecule has 1 unspecified atom stereocenters. The van der Waals surface area contributed by atoms with E-state index >= 15 is 0 Å². The summed E-state index contributed by atoms with van der Waals surface area (Å²) in [4.78, 5) is 12.7. The topological polar surface area (TPSA) is 41.1 Å². The van der Waals surface area contributed by atoms with Crippen LogP contribution in [0.3, 0.4) is 0 Å². The maximum atomic E-state index is 12.7. The first kappa shape index (κ1) is 15.6. The van der Waals surface area contributed by atoms with Gasteiger partial charge in [-0.15, -0.1) is 0 Å². The van der Waals surface area contributed by atoms with Crippen LogP contribution in [0.4, 0.5) is 5.69 Å². The van der Waals surface area contributed by atoms with Crippen molar-refractivity contribution >= 4 is 34.8 Å². The third-order valence-corrected chi connectivity index (χ3v) is 4.24. The van der Waals surface area contributed by atoms with Crippen LogP contribution in [0.2, 0.25) is 10.0 Å². The molecule has 1 aromatic carbocycles. The molecule has 1 amide bonds. The fourth-order valence-electron chi connectivity index (χ4n) is 2.86. The van der Waals surface area contributed by atoms with Crippen molar-refractivity contribution < 1.29 is 4.79 Å². The van der Waals surface area contributed by atoms with E-state index in [1.165, 1.54) is 0 Å². The minimum atomic E-state index is -0.318. The van der Waals surface area contributed by atoms with Crippen molar-refractivity contribution in [2.24, 2.45) is 5.41 Å². The molecule has 1 saturated heterocycles. The van der Waals surface area contributed by atoms with Crippen LogP contribution >= 0.6 is 23.2 Å². The molecule has 0 bridgehead atoms. The van der Waals surface area contributed by atoms with Gasteiger partial charge in [0.25, 0.3) is 0 Å². The number of hydrogen-bond acceptors (Lipinski definition) is 2. The molecule has 1 heterocycles. The Kier molecular flexibility index (Phi) is 5.30. The van der Waals surface area contributed by atoms with Gasteiger partial charge in [0.1, 0.15) is 0 Å². The number of nitrogens with one attached hydrogen (secondary N) is 2. The van der Waals surface area contributed by atoms with E-state index in [4.69, 9.17) is 23.2 Å². The summed E-state index contributed by atoms with van der Waals surface area (Å²) in [7, 11) is 0. The zero-order valence-corrected chi connectivity index (χ0v) is 13.2. The van der Waals surface area contributed by atoms with Gasteiger partial charge in [-0.05, 0) is 44.0 Å². The van der Waals surface area contributed by atoms with Crippen LogP contribution in [0.5, 0.6) is 0 Å². The lowest BCUT2D eigenvalue weighted by Crippen LogP contribution is -2.48. The first-order valence-electron chi connectivity index (χ1n) is 7.04. The monoisotopic (exact) mass is 314 g/mol. The van der Waals surface area contributed by atoms with Gasteiger partial charge in [0.15, 0.2) is 0 Å². The molecule has 20 heavy (non-hydrogen) atoms. The number of benzene rings is 1. The van der Waals surface area contributed by atoms with E-state index in [0.717, 1.165) is 38.8 Å². The molecule has 0 radical (unpaired) electrons. The molecule has 1 aliphatic heterocycles. The first-order chi connectivity index (χ1) is 9.55. The summed E-state index contributed by atoms with van der Waals surface area (Å²) in [5.74, 6) is 0.0601. The number of rotatable bonds is 4. The second kappa shape index (κ2) is 6.79. The molecule has 0 aromatic heterocycles. The number of carbonyl (C=O) groups excluding carboxylic acids is 1. The summed E-state index contributed by atoms with van der Waals surface area (Å²) in [6, 6.07) is 5.10. The molecule has 3 nitrogen and oxygen atoms in total. The van der Waals surface area contributed by atoms with Crippen LogP contribution < -0.4 is 10.6 Å². The molecule has 0 aliphatic carbocycles. The summed E-state index contributed by atoms with van der Waals surface area (Å²) >= 11 is 11.9. The number of carbonyl (C=O) groups is 1. The fourth-order valence-corrected chi connectivity index (χ4v) is 3.38. The second-order valence-corrected chi connectivity index (χ2v) is 6.30. The van der Waals surface area contributed by atoms with E-state index in [1.807, 2.05) is 0 Å². The number of anilines is 1. The third kappa shape index (κ3) is 3.66. The Bertz CT molecular complexity index is 459. The molecule has 0 saturated carbocycles. The number of amides is 1. The summed E-state index contributed by atoms with van der Waals surface area (Å²) in [5.41, 5.74) is 0.343. The lowest BCUT2D eigenvalue weighted by molar-refractivity contribution is -0.127. The molecular formula is C15H20Cl2N2O. The average molecular weight is 315 g/mol. The van der Waals surface area contributed by atoms with Gasteiger partial charge in [-0.1, -0.05) is 36.5 Å². The molecule has 0 spiro atoms. The Morgan fingerprint density at radius 3 is 2.60 bits per heavy atom. The lowest BCUT2D eigenvalue weighted by Gasteiger charge is -2.36. The normalized spacial score (nSPS) is 22.6. The van der Waals surface area contributed by atoms with Crippen LogP contribution in [-0.4, -0.2) is 19.0 Å². The van der Waals surface area contributed by atoms with Gasteiger partial charge in [0, 0.05) is 22.3 Å². The van der Waals surface area contributed by atoms with E-state index in [-0.39, 0.29) is 11.3 Å². The van der Waals surface area contributed by atoms with Gasteiger partial charge in [-0.3, -0.25) is 4.79 Å². The average Bonchev–Trinajstić information content (AvgIpc) is 2.38. The summed E-state index contributed by atoms with van der Waals surface area (Å²) in [5, 5.41) is 7.36. The van der Waals surface area contributed by atoms with Crippen LogP contribution in [0, 0.1) is 5.41 Å². The number of piperidine rings is 1. The Labute approximate surface area is 130 Å². The highest BCUT2D eigenvalue weighted by atomic mass is 35.5. The zero-order valence-electron chi connectivity index (χ0n) is 11.6. The van der Waals surface area contributed by atoms with Gasteiger partial charge in [-0.25, -0.2) is 0 Å². The van der Waals surface area contributed by atoms with Gasteiger partial charge in [0.2, 0.25) is 5.91 Å². The minimum absolute atomic E-state index is 0.0601. The summed E-state index contributed by atoms with van der Waals surface area (Å²) in [6.07, 6.45) is 3.84. The lowest BCUT2D eigenvalue weighted by atomic mass is 9.76. The third-order valence-electron chi connectivity index (χ3n) is 3.80. The van der Waals surface area contributed by atoms with Crippen LogP contribution in [0.15, 0.2) is 18.2 Å². The number of halogens is 2. The van der Waals surface area contributed by atoms with E-state index in [0.29, 0.717) is 15.7 Å². The Morgan fingerprint density at radius 1 is 1.35 bits per heavy atom. The largest absolute Gasteiger partial charge is 0.325 e. The highest BCUT2D eigenvalue weighted by Gasteiger charge is 2.38. The van der Waals surface area contributed by atoms with E-state index in [9.17, 15) is 4.79 Å².